The number of nitrogens with one attached hydrogen (secondary N) is 2. The van der Waals surface area contributed by atoms with E-state index in [-0.39, 0.29) is 11.8 Å². The predicted molar refractivity (Wildman–Crippen MR) is 98.2 cm³/mol. The molecule has 8 heteroatoms. The molecule has 2 N–H and O–H groups in total. The Bertz CT molecular complexity index is 925. The number of nitrogens with zero attached hydrogens (tertiary/aromatic N) is 4. The van der Waals surface area contributed by atoms with Crippen LogP contribution in [0.4, 0.5) is 11.5 Å². The number of ether oxygens (including phenoxy) is 1. The van der Waals surface area contributed by atoms with Crippen LogP contribution in [0.25, 0.3) is 11.2 Å². The molecule has 0 radical (unpaired) electrons. The van der Waals surface area contributed by atoms with Crippen molar-refractivity contribution in [1.29, 1.82) is 0 Å². The molecule has 1 amide bonds. The van der Waals surface area contributed by atoms with Gasteiger partial charge in [-0.05, 0) is 25.0 Å². The van der Waals surface area contributed by atoms with Crippen LogP contribution in [0.1, 0.15) is 12.8 Å². The molecule has 1 aliphatic rings. The van der Waals surface area contributed by atoms with Crippen molar-refractivity contribution in [2.24, 2.45) is 5.92 Å². The second-order valence-corrected chi connectivity index (χ2v) is 6.30. The topological polar surface area (TPSA) is 96.0 Å². The Morgan fingerprint density at radius 3 is 3.15 bits per heavy atom. The summed E-state index contributed by atoms with van der Waals surface area (Å²) < 4.78 is 5.21. The van der Waals surface area contributed by atoms with Crippen molar-refractivity contribution in [3.05, 3.63) is 36.9 Å². The van der Waals surface area contributed by atoms with Gasteiger partial charge in [0.1, 0.15) is 17.6 Å². The monoisotopic (exact) mass is 352 g/mol. The van der Waals surface area contributed by atoms with Crippen LogP contribution < -0.4 is 15.0 Å². The number of fused-ring (bicyclic) bond motifs is 1. The first kappa shape index (κ1) is 16.3. The Balaban J connectivity index is 1.49. The average Bonchev–Trinajstić information content (AvgIpc) is 3.17. The van der Waals surface area contributed by atoms with Gasteiger partial charge in [0.25, 0.3) is 0 Å². The first-order valence-electron chi connectivity index (χ1n) is 8.58. The third-order valence-corrected chi connectivity index (χ3v) is 4.63. The van der Waals surface area contributed by atoms with Crippen molar-refractivity contribution in [2.75, 3.05) is 30.4 Å². The Morgan fingerprint density at radius 2 is 2.27 bits per heavy atom. The minimum absolute atomic E-state index is 0.0119. The molecule has 0 unspecified atom stereocenters. The summed E-state index contributed by atoms with van der Waals surface area (Å²) in [5.41, 5.74) is 2.18. The lowest BCUT2D eigenvalue weighted by Crippen LogP contribution is -2.41. The second kappa shape index (κ2) is 6.99. The largest absolute Gasteiger partial charge is 0.497 e. The number of amides is 1. The van der Waals surface area contributed by atoms with Gasteiger partial charge >= 0.3 is 0 Å². The van der Waals surface area contributed by atoms with E-state index in [0.29, 0.717) is 12.2 Å². The van der Waals surface area contributed by atoms with Gasteiger partial charge in [-0.1, -0.05) is 6.07 Å². The Labute approximate surface area is 150 Å². The van der Waals surface area contributed by atoms with E-state index in [9.17, 15) is 4.79 Å². The number of aromatic nitrogens is 4. The minimum atomic E-state index is -0.108. The lowest BCUT2D eigenvalue weighted by atomic mass is 9.97. The van der Waals surface area contributed by atoms with E-state index >= 15 is 0 Å². The number of piperidine rings is 1. The fraction of sp³-hybridized carbons (Fsp3) is 0.333. The van der Waals surface area contributed by atoms with Crippen molar-refractivity contribution in [1.82, 2.24) is 19.9 Å². The molecule has 4 rings (SSSR count). The number of rotatable bonds is 4. The number of hydrogen-bond acceptors (Lipinski definition) is 6. The van der Waals surface area contributed by atoms with Crippen LogP contribution in [0.5, 0.6) is 5.75 Å². The van der Waals surface area contributed by atoms with Crippen molar-refractivity contribution in [2.45, 2.75) is 12.8 Å². The Hall–Kier alpha value is -3.16. The third-order valence-electron chi connectivity index (χ3n) is 4.63. The smallest absolute Gasteiger partial charge is 0.229 e. The van der Waals surface area contributed by atoms with Crippen LogP contribution in [0.3, 0.4) is 0 Å². The first-order chi connectivity index (χ1) is 12.7. The number of hydrogen-bond donors (Lipinski definition) is 2. The molecule has 1 saturated heterocycles. The summed E-state index contributed by atoms with van der Waals surface area (Å²) in [6.45, 7) is 1.47. The number of imidazole rings is 1. The summed E-state index contributed by atoms with van der Waals surface area (Å²) in [6, 6.07) is 7.39. The summed E-state index contributed by atoms with van der Waals surface area (Å²) in [6.07, 6.45) is 4.90. The summed E-state index contributed by atoms with van der Waals surface area (Å²) in [5.74, 6) is 1.42. The van der Waals surface area contributed by atoms with Crippen molar-refractivity contribution >= 4 is 28.6 Å². The minimum Gasteiger partial charge on any atom is -0.497 e. The van der Waals surface area contributed by atoms with Crippen molar-refractivity contribution < 1.29 is 9.53 Å². The summed E-state index contributed by atoms with van der Waals surface area (Å²) in [4.78, 5) is 30.7. The highest BCUT2D eigenvalue weighted by Gasteiger charge is 2.28. The number of anilines is 2. The maximum atomic E-state index is 12.7. The fourth-order valence-corrected chi connectivity index (χ4v) is 3.32. The van der Waals surface area contributed by atoms with Gasteiger partial charge in [0.15, 0.2) is 11.5 Å². The molecule has 0 saturated carbocycles. The predicted octanol–water partition coefficient (Wildman–Crippen LogP) is 2.22. The normalized spacial score (nSPS) is 17.3. The lowest BCUT2D eigenvalue weighted by Gasteiger charge is -2.32. The number of methoxy groups -OCH3 is 1. The molecule has 134 valence electrons. The van der Waals surface area contributed by atoms with Gasteiger partial charge in [-0.25, -0.2) is 15.0 Å². The molecule has 0 spiro atoms. The van der Waals surface area contributed by atoms with E-state index in [0.717, 1.165) is 42.2 Å². The number of H-pyrrole nitrogens is 1. The van der Waals surface area contributed by atoms with Gasteiger partial charge in [0.2, 0.25) is 5.91 Å². The van der Waals surface area contributed by atoms with E-state index in [2.05, 4.69) is 30.2 Å². The molecular weight excluding hydrogens is 332 g/mol. The molecule has 8 nitrogen and oxygen atoms in total. The Kier molecular flexibility index (Phi) is 4.39. The van der Waals surface area contributed by atoms with E-state index in [1.807, 2.05) is 24.3 Å². The summed E-state index contributed by atoms with van der Waals surface area (Å²) >= 11 is 0. The maximum absolute atomic E-state index is 12.7. The highest BCUT2D eigenvalue weighted by molar-refractivity contribution is 5.93. The molecule has 0 bridgehead atoms. The number of carbonyl (C=O) groups is 1. The molecule has 2 aromatic heterocycles. The summed E-state index contributed by atoms with van der Waals surface area (Å²) in [5, 5.41) is 2.99. The van der Waals surface area contributed by atoms with Crippen LogP contribution in [0.2, 0.25) is 0 Å². The van der Waals surface area contributed by atoms with Gasteiger partial charge in [0.05, 0.1) is 19.4 Å². The zero-order valence-electron chi connectivity index (χ0n) is 14.5. The van der Waals surface area contributed by atoms with Crippen molar-refractivity contribution in [3.8, 4) is 5.75 Å². The van der Waals surface area contributed by atoms with Gasteiger partial charge in [-0.3, -0.25) is 4.79 Å². The molecule has 3 aromatic rings. The van der Waals surface area contributed by atoms with E-state index in [4.69, 9.17) is 4.74 Å². The SMILES string of the molecule is COc1cccc(NC(=O)[C@H]2CCCN(c3ncnc4nc[nH]c34)C2)c1. The molecule has 1 aliphatic heterocycles. The van der Waals surface area contributed by atoms with E-state index in [1.54, 1.807) is 13.4 Å². The van der Waals surface area contributed by atoms with Gasteiger partial charge in [-0.15, -0.1) is 0 Å². The average molecular weight is 352 g/mol. The molecular formula is C18H20N6O2. The zero-order valence-corrected chi connectivity index (χ0v) is 14.5. The molecule has 1 fully saturated rings. The molecule has 1 atom stereocenters. The lowest BCUT2D eigenvalue weighted by molar-refractivity contribution is -0.120. The molecule has 3 heterocycles. The van der Waals surface area contributed by atoms with Crippen LogP contribution in [-0.2, 0) is 4.79 Å². The van der Waals surface area contributed by atoms with Crippen molar-refractivity contribution in [3.63, 3.8) is 0 Å². The van der Waals surface area contributed by atoms with Crippen LogP contribution in [0.15, 0.2) is 36.9 Å². The van der Waals surface area contributed by atoms with Gasteiger partial charge in [0, 0.05) is 24.8 Å². The highest BCUT2D eigenvalue weighted by Crippen LogP contribution is 2.26. The maximum Gasteiger partial charge on any atom is 0.229 e. The van der Waals surface area contributed by atoms with E-state index < -0.39 is 0 Å². The third kappa shape index (κ3) is 3.17. The number of carbonyl (C=O) groups excluding carboxylic acids is 1. The molecule has 1 aromatic carbocycles. The second-order valence-electron chi connectivity index (χ2n) is 6.30. The van der Waals surface area contributed by atoms with Crippen LogP contribution >= 0.6 is 0 Å². The summed E-state index contributed by atoms with van der Waals surface area (Å²) in [7, 11) is 1.61. The highest BCUT2D eigenvalue weighted by atomic mass is 16.5. The fourth-order valence-electron chi connectivity index (χ4n) is 3.32. The molecule has 26 heavy (non-hydrogen) atoms. The first-order valence-corrected chi connectivity index (χ1v) is 8.58. The van der Waals surface area contributed by atoms with E-state index in [1.165, 1.54) is 6.33 Å². The quantitative estimate of drug-likeness (QED) is 0.747. The number of aromatic amines is 1. The zero-order chi connectivity index (χ0) is 17.9. The van der Waals surface area contributed by atoms with Gasteiger partial charge < -0.3 is 19.9 Å². The van der Waals surface area contributed by atoms with Crippen LogP contribution in [0, 0.1) is 5.92 Å². The Morgan fingerprint density at radius 1 is 1.35 bits per heavy atom. The van der Waals surface area contributed by atoms with Gasteiger partial charge in [-0.2, -0.15) is 0 Å². The van der Waals surface area contributed by atoms with Crippen LogP contribution in [-0.4, -0.2) is 46.0 Å². The standard InChI is InChI=1S/C18H20N6O2/c1-26-14-6-2-5-13(8-14)23-18(25)12-4-3-7-24(9-12)17-15-16(20-10-19-15)21-11-22-17/h2,5-6,8,10-12H,3-4,7,9H2,1H3,(H,23,25)(H,19,20,21,22)/t12-/m0/s1. The number of benzene rings is 1. The molecule has 0 aliphatic carbocycles.